The van der Waals surface area contributed by atoms with Gasteiger partial charge in [-0.3, -0.25) is 0 Å². The molecule has 0 fully saturated rings. The fourth-order valence-corrected chi connectivity index (χ4v) is 4.10. The molecule has 0 bridgehead atoms. The van der Waals surface area contributed by atoms with Crippen molar-refractivity contribution in [1.82, 2.24) is 10.2 Å². The third-order valence-electron chi connectivity index (χ3n) is 5.58. The van der Waals surface area contributed by atoms with Gasteiger partial charge >= 0.3 is 17.9 Å². The van der Waals surface area contributed by atoms with Gasteiger partial charge in [0.25, 0.3) is 0 Å². The molecule has 8 heteroatoms. The summed E-state index contributed by atoms with van der Waals surface area (Å²) < 4.78 is 15.8. The largest absolute Gasteiger partial charge is 0.466 e. The normalized spacial score (nSPS) is 16.2. The minimum atomic E-state index is -0.759. The monoisotopic (exact) mass is 484 g/mol. The fourth-order valence-electron chi connectivity index (χ4n) is 4.10. The van der Waals surface area contributed by atoms with E-state index in [2.05, 4.69) is 5.32 Å². The first-order chi connectivity index (χ1) is 16.7. The number of nitrogens with one attached hydrogen (secondary N) is 1. The number of ether oxygens (including phenoxy) is 3. The van der Waals surface area contributed by atoms with E-state index >= 15 is 0 Å². The molecule has 1 atom stereocenters. The molecule has 0 aliphatic carbocycles. The van der Waals surface area contributed by atoms with Crippen molar-refractivity contribution in [2.24, 2.45) is 0 Å². The first-order valence-corrected chi connectivity index (χ1v) is 11.8. The summed E-state index contributed by atoms with van der Waals surface area (Å²) in [7, 11) is 5.10. The number of hydrogen-bond acceptors (Lipinski definition) is 8. The highest BCUT2D eigenvalue weighted by Gasteiger charge is 2.39. The Balaban J connectivity index is 2.86. The van der Waals surface area contributed by atoms with Gasteiger partial charge in [0.1, 0.15) is 0 Å². The van der Waals surface area contributed by atoms with E-state index in [1.807, 2.05) is 50.2 Å². The van der Waals surface area contributed by atoms with Crippen LogP contribution < -0.4 is 5.32 Å². The van der Waals surface area contributed by atoms with Crippen molar-refractivity contribution < 1.29 is 28.6 Å². The Labute approximate surface area is 207 Å². The number of esters is 3. The van der Waals surface area contributed by atoms with Crippen LogP contribution in [0.25, 0.3) is 6.08 Å². The van der Waals surface area contributed by atoms with Gasteiger partial charge in [-0.2, -0.15) is 0 Å². The van der Waals surface area contributed by atoms with Crippen LogP contribution in [0.4, 0.5) is 0 Å². The van der Waals surface area contributed by atoms with Crippen molar-refractivity contribution in [2.45, 2.75) is 40.0 Å². The quantitative estimate of drug-likeness (QED) is 0.306. The number of hydrogen-bond donors (Lipinski definition) is 1. The summed E-state index contributed by atoms with van der Waals surface area (Å²) in [5, 5.41) is 3.23. The molecule has 1 aromatic rings. The second-order valence-corrected chi connectivity index (χ2v) is 8.31. The lowest BCUT2D eigenvalue weighted by molar-refractivity contribution is -0.140. The van der Waals surface area contributed by atoms with E-state index < -0.39 is 23.8 Å². The first-order valence-electron chi connectivity index (χ1n) is 11.8. The van der Waals surface area contributed by atoms with Gasteiger partial charge in [0.2, 0.25) is 0 Å². The van der Waals surface area contributed by atoms with E-state index in [0.29, 0.717) is 52.2 Å². The number of nitrogens with zero attached hydrogens (tertiary/aromatic N) is 1. The number of carbonyl (C=O) groups excluding carboxylic acids is 3. The number of rotatable bonds is 10. The molecule has 190 valence electrons. The number of benzene rings is 1. The molecule has 1 aliphatic rings. The topological polar surface area (TPSA) is 94.2 Å². The average Bonchev–Trinajstić information content (AvgIpc) is 2.81. The minimum absolute atomic E-state index is 0.185. The third kappa shape index (κ3) is 6.60. The zero-order valence-corrected chi connectivity index (χ0v) is 21.7. The molecule has 0 saturated heterocycles. The molecule has 1 aliphatic heterocycles. The Kier molecular flexibility index (Phi) is 10.3. The Hall–Kier alpha value is -3.39. The van der Waals surface area contributed by atoms with Crippen LogP contribution in [0.5, 0.6) is 0 Å². The molecule has 1 aromatic carbocycles. The predicted octanol–water partition coefficient (Wildman–Crippen LogP) is 3.56. The van der Waals surface area contributed by atoms with Crippen LogP contribution in [-0.4, -0.2) is 63.8 Å². The van der Waals surface area contributed by atoms with Gasteiger partial charge in [0, 0.05) is 23.5 Å². The lowest BCUT2D eigenvalue weighted by Gasteiger charge is -2.33. The lowest BCUT2D eigenvalue weighted by atomic mass is 9.78. The highest BCUT2D eigenvalue weighted by atomic mass is 16.5. The zero-order chi connectivity index (χ0) is 26.1. The molecule has 0 aromatic heterocycles. The van der Waals surface area contributed by atoms with Gasteiger partial charge in [0.15, 0.2) is 0 Å². The highest BCUT2D eigenvalue weighted by Crippen LogP contribution is 2.41. The predicted molar refractivity (Wildman–Crippen MR) is 134 cm³/mol. The molecule has 0 spiro atoms. The van der Waals surface area contributed by atoms with Gasteiger partial charge in [0.05, 0.1) is 37.4 Å². The molecular formula is C27H36N2O6. The molecular weight excluding hydrogens is 448 g/mol. The maximum Gasteiger partial charge on any atom is 0.336 e. The van der Waals surface area contributed by atoms with E-state index in [9.17, 15) is 14.4 Å². The van der Waals surface area contributed by atoms with E-state index in [1.54, 1.807) is 26.8 Å². The average molecular weight is 485 g/mol. The lowest BCUT2D eigenvalue weighted by Crippen LogP contribution is -2.36. The van der Waals surface area contributed by atoms with Crippen LogP contribution >= 0.6 is 0 Å². The molecule has 1 unspecified atom stereocenters. The number of allylic oxidation sites excluding steroid dienone is 1. The summed E-state index contributed by atoms with van der Waals surface area (Å²) >= 11 is 0. The van der Waals surface area contributed by atoms with Crippen LogP contribution in [0.1, 0.15) is 51.2 Å². The molecule has 35 heavy (non-hydrogen) atoms. The molecule has 2 rings (SSSR count). The second kappa shape index (κ2) is 12.9. The van der Waals surface area contributed by atoms with Crippen LogP contribution in [0.2, 0.25) is 0 Å². The van der Waals surface area contributed by atoms with Crippen molar-refractivity contribution in [3.05, 3.63) is 63.5 Å². The van der Waals surface area contributed by atoms with E-state index in [0.717, 1.165) is 0 Å². The smallest absolute Gasteiger partial charge is 0.336 e. The van der Waals surface area contributed by atoms with Gasteiger partial charge < -0.3 is 24.4 Å². The van der Waals surface area contributed by atoms with E-state index in [1.165, 1.54) is 7.11 Å². The number of dihydropyridines is 1. The molecule has 0 amide bonds. The van der Waals surface area contributed by atoms with Gasteiger partial charge in [-0.15, -0.1) is 0 Å². The van der Waals surface area contributed by atoms with Crippen LogP contribution in [0.3, 0.4) is 0 Å². The summed E-state index contributed by atoms with van der Waals surface area (Å²) in [5.41, 5.74) is 3.75. The van der Waals surface area contributed by atoms with Crippen molar-refractivity contribution in [1.29, 1.82) is 0 Å². The van der Waals surface area contributed by atoms with Gasteiger partial charge in [-0.1, -0.05) is 31.2 Å². The molecule has 1 heterocycles. The third-order valence-corrected chi connectivity index (χ3v) is 5.58. The van der Waals surface area contributed by atoms with E-state index in [-0.39, 0.29) is 13.2 Å². The molecule has 8 nitrogen and oxygen atoms in total. The van der Waals surface area contributed by atoms with Crippen molar-refractivity contribution in [3.8, 4) is 0 Å². The van der Waals surface area contributed by atoms with Crippen molar-refractivity contribution in [2.75, 3.05) is 41.0 Å². The molecule has 0 saturated carbocycles. The summed E-state index contributed by atoms with van der Waals surface area (Å²) in [6.45, 7) is 8.03. The number of likely N-dealkylation sites (N-methyl/N-ethyl adjacent to an activating group) is 1. The van der Waals surface area contributed by atoms with Crippen LogP contribution in [0.15, 0.2) is 52.4 Å². The summed E-state index contributed by atoms with van der Waals surface area (Å²) in [6, 6.07) is 7.38. The van der Waals surface area contributed by atoms with Crippen molar-refractivity contribution in [3.63, 3.8) is 0 Å². The fraction of sp³-hybridized carbons (Fsp3) is 0.444. The zero-order valence-electron chi connectivity index (χ0n) is 21.7. The van der Waals surface area contributed by atoms with Crippen LogP contribution in [-0.2, 0) is 28.6 Å². The Bertz CT molecular complexity index is 1050. The SMILES string of the molecule is CCOC(=O)C1=C(CN(C)C)NC(C)=C(C(=O)OC)C1c1ccccc1/C=C(\CC)C(=O)OCC. The summed E-state index contributed by atoms with van der Waals surface area (Å²) in [6.07, 6.45) is 2.22. The standard InChI is InChI=1S/C27H36N2O6/c1-8-18(25(30)34-9-2)15-19-13-11-12-14-20(19)23-22(26(31)33-7)17(4)28-21(16-29(5)6)24(23)27(32)35-10-3/h11-15,23,28H,8-10,16H2,1-7H3/b18-15+. The van der Waals surface area contributed by atoms with Gasteiger partial charge in [-0.05, 0) is 58.5 Å². The number of methoxy groups -OCH3 is 1. The Morgan fingerprint density at radius 3 is 2.23 bits per heavy atom. The highest BCUT2D eigenvalue weighted by molar-refractivity contribution is 6.01. The second-order valence-electron chi connectivity index (χ2n) is 8.31. The van der Waals surface area contributed by atoms with Crippen LogP contribution in [0, 0.1) is 0 Å². The molecule has 1 N–H and O–H groups in total. The first kappa shape index (κ1) is 27.9. The van der Waals surface area contributed by atoms with Crippen molar-refractivity contribution >= 4 is 24.0 Å². The maximum atomic E-state index is 13.3. The molecule has 0 radical (unpaired) electrons. The number of carbonyl (C=O) groups is 3. The Morgan fingerprint density at radius 1 is 1.00 bits per heavy atom. The summed E-state index contributed by atoms with van der Waals surface area (Å²) in [4.78, 5) is 40.7. The van der Waals surface area contributed by atoms with Gasteiger partial charge in [-0.25, -0.2) is 14.4 Å². The minimum Gasteiger partial charge on any atom is -0.466 e. The maximum absolute atomic E-state index is 13.3. The van der Waals surface area contributed by atoms with E-state index in [4.69, 9.17) is 14.2 Å². The summed E-state index contributed by atoms with van der Waals surface area (Å²) in [5.74, 6) is -2.23. The Morgan fingerprint density at radius 2 is 1.66 bits per heavy atom.